The van der Waals surface area contributed by atoms with Gasteiger partial charge in [-0.3, -0.25) is 0 Å². The van der Waals surface area contributed by atoms with Gasteiger partial charge in [-0.25, -0.2) is 0 Å². The van der Waals surface area contributed by atoms with Crippen molar-refractivity contribution < 1.29 is 9.84 Å². The molecule has 0 spiro atoms. The van der Waals surface area contributed by atoms with Crippen LogP contribution in [0.3, 0.4) is 0 Å². The van der Waals surface area contributed by atoms with Crippen LogP contribution in [0.2, 0.25) is 0 Å². The highest BCUT2D eigenvalue weighted by Crippen LogP contribution is 2.19. The first-order valence-electron chi connectivity index (χ1n) is 6.16. The second kappa shape index (κ2) is 7.75. The van der Waals surface area contributed by atoms with Crippen molar-refractivity contribution in [2.45, 2.75) is 19.9 Å². The van der Waals surface area contributed by atoms with Gasteiger partial charge in [-0.2, -0.15) is 0 Å². The molecule has 3 nitrogen and oxygen atoms in total. The number of hydrogen-bond donors (Lipinski definition) is 1. The van der Waals surface area contributed by atoms with Crippen molar-refractivity contribution in [3.63, 3.8) is 0 Å². The zero-order valence-corrected chi connectivity index (χ0v) is 11.4. The molecule has 0 radical (unpaired) electrons. The molecule has 0 aromatic heterocycles. The fraction of sp³-hybridized carbons (Fsp3) is 0.467. The molecule has 1 N–H and O–H groups in total. The Kier molecular flexibility index (Phi) is 6.27. The Balaban J connectivity index is 2.92. The minimum absolute atomic E-state index is 0.0909. The van der Waals surface area contributed by atoms with Gasteiger partial charge in [0.1, 0.15) is 5.75 Å². The minimum Gasteiger partial charge on any atom is -0.495 e. The Labute approximate surface area is 109 Å². The average molecular weight is 247 g/mol. The van der Waals surface area contributed by atoms with Gasteiger partial charge in [-0.1, -0.05) is 24.8 Å². The van der Waals surface area contributed by atoms with Crippen molar-refractivity contribution >= 4 is 0 Å². The third-order valence-corrected chi connectivity index (χ3v) is 2.72. The summed E-state index contributed by atoms with van der Waals surface area (Å²) in [6.45, 7) is 4.13. The third kappa shape index (κ3) is 4.40. The van der Waals surface area contributed by atoms with Crippen molar-refractivity contribution in [1.29, 1.82) is 0 Å². The summed E-state index contributed by atoms with van der Waals surface area (Å²) in [6, 6.07) is 6.05. The number of rotatable bonds is 5. The van der Waals surface area contributed by atoms with E-state index in [-0.39, 0.29) is 6.61 Å². The smallest absolute Gasteiger partial charge is 0.134 e. The SMILES string of the molecule is CCN(C)Cc1ccc(OC)c(C#CCCO)c1. The maximum atomic E-state index is 8.74. The van der Waals surface area contributed by atoms with E-state index in [1.54, 1.807) is 7.11 Å². The molecule has 0 heterocycles. The van der Waals surface area contributed by atoms with Crippen LogP contribution in [-0.4, -0.2) is 37.3 Å². The Morgan fingerprint density at radius 2 is 2.17 bits per heavy atom. The fourth-order valence-electron chi connectivity index (χ4n) is 1.59. The van der Waals surface area contributed by atoms with Gasteiger partial charge >= 0.3 is 0 Å². The molecule has 0 unspecified atom stereocenters. The molecule has 0 aliphatic rings. The lowest BCUT2D eigenvalue weighted by Crippen LogP contribution is -2.16. The number of benzene rings is 1. The average Bonchev–Trinajstić information content (AvgIpc) is 2.39. The molecule has 0 aliphatic heterocycles. The highest BCUT2D eigenvalue weighted by atomic mass is 16.5. The Hall–Kier alpha value is -1.50. The molecule has 0 saturated carbocycles. The van der Waals surface area contributed by atoms with Gasteiger partial charge in [0.15, 0.2) is 0 Å². The molecule has 3 heteroatoms. The zero-order valence-electron chi connectivity index (χ0n) is 11.4. The predicted octanol–water partition coefficient (Wildman–Crippen LogP) is 1.88. The molecule has 0 atom stereocenters. The Morgan fingerprint density at radius 1 is 1.39 bits per heavy atom. The molecule has 0 amide bonds. The van der Waals surface area contributed by atoms with Gasteiger partial charge < -0.3 is 14.7 Å². The molecule has 0 aliphatic carbocycles. The minimum atomic E-state index is 0.0909. The lowest BCUT2D eigenvalue weighted by Gasteiger charge is -2.14. The second-order valence-electron chi connectivity index (χ2n) is 4.14. The first kappa shape index (κ1) is 14.6. The van der Waals surface area contributed by atoms with E-state index < -0.39 is 0 Å². The van der Waals surface area contributed by atoms with E-state index in [0.717, 1.165) is 24.4 Å². The van der Waals surface area contributed by atoms with E-state index in [1.807, 2.05) is 6.07 Å². The van der Waals surface area contributed by atoms with Crippen LogP contribution < -0.4 is 4.74 Å². The number of aliphatic hydroxyl groups is 1. The molecule has 1 aromatic rings. The molecule has 98 valence electrons. The molecule has 1 aromatic carbocycles. The van der Waals surface area contributed by atoms with Gasteiger partial charge in [0.2, 0.25) is 0 Å². The predicted molar refractivity (Wildman–Crippen MR) is 73.6 cm³/mol. The first-order chi connectivity index (χ1) is 8.71. The number of ether oxygens (including phenoxy) is 1. The second-order valence-corrected chi connectivity index (χ2v) is 4.14. The van der Waals surface area contributed by atoms with Crippen molar-refractivity contribution in [2.24, 2.45) is 0 Å². The summed E-state index contributed by atoms with van der Waals surface area (Å²) >= 11 is 0. The summed E-state index contributed by atoms with van der Waals surface area (Å²) < 4.78 is 5.28. The van der Waals surface area contributed by atoms with Gasteiger partial charge in [0.05, 0.1) is 19.3 Å². The van der Waals surface area contributed by atoms with Crippen LogP contribution in [-0.2, 0) is 6.54 Å². The summed E-state index contributed by atoms with van der Waals surface area (Å²) in [5.41, 5.74) is 2.10. The number of hydrogen-bond acceptors (Lipinski definition) is 3. The number of nitrogens with zero attached hydrogens (tertiary/aromatic N) is 1. The molecular formula is C15H21NO2. The molecule has 0 bridgehead atoms. The van der Waals surface area contributed by atoms with E-state index in [9.17, 15) is 0 Å². The normalized spacial score (nSPS) is 10.1. The summed E-state index contributed by atoms with van der Waals surface area (Å²) in [7, 11) is 3.73. The highest BCUT2D eigenvalue weighted by molar-refractivity contribution is 5.48. The van der Waals surface area contributed by atoms with Gasteiger partial charge in [-0.05, 0) is 31.3 Å². The van der Waals surface area contributed by atoms with Gasteiger partial charge in [0.25, 0.3) is 0 Å². The first-order valence-corrected chi connectivity index (χ1v) is 6.16. The summed E-state index contributed by atoms with van der Waals surface area (Å²) in [4.78, 5) is 2.23. The van der Waals surface area contributed by atoms with Crippen LogP contribution in [0.25, 0.3) is 0 Å². The van der Waals surface area contributed by atoms with Crippen LogP contribution in [0.5, 0.6) is 5.75 Å². The van der Waals surface area contributed by atoms with E-state index in [0.29, 0.717) is 6.42 Å². The quantitative estimate of drug-likeness (QED) is 0.806. The summed E-state index contributed by atoms with van der Waals surface area (Å²) in [5.74, 6) is 6.75. The molecular weight excluding hydrogens is 226 g/mol. The summed E-state index contributed by atoms with van der Waals surface area (Å²) in [6.07, 6.45) is 0.488. The lowest BCUT2D eigenvalue weighted by atomic mass is 10.1. The molecule has 0 saturated heterocycles. The van der Waals surface area contributed by atoms with E-state index >= 15 is 0 Å². The molecule has 18 heavy (non-hydrogen) atoms. The topological polar surface area (TPSA) is 32.7 Å². The highest BCUT2D eigenvalue weighted by Gasteiger charge is 2.03. The summed E-state index contributed by atoms with van der Waals surface area (Å²) in [5, 5.41) is 8.74. The van der Waals surface area contributed by atoms with Gasteiger partial charge in [-0.15, -0.1) is 0 Å². The monoisotopic (exact) mass is 247 g/mol. The molecule has 0 fully saturated rings. The van der Waals surface area contributed by atoms with E-state index in [2.05, 4.69) is 42.8 Å². The Morgan fingerprint density at radius 3 is 2.78 bits per heavy atom. The molecule has 1 rings (SSSR count). The van der Waals surface area contributed by atoms with Crippen LogP contribution in [0.1, 0.15) is 24.5 Å². The largest absolute Gasteiger partial charge is 0.495 e. The lowest BCUT2D eigenvalue weighted by molar-refractivity contribution is 0.305. The standard InChI is InChI=1S/C15H21NO2/c1-4-16(2)12-13-8-9-15(18-3)14(11-13)7-5-6-10-17/h8-9,11,17H,4,6,10,12H2,1-3H3. The van der Waals surface area contributed by atoms with E-state index in [1.165, 1.54) is 5.56 Å². The Bertz CT molecular complexity index is 432. The third-order valence-electron chi connectivity index (χ3n) is 2.72. The van der Waals surface area contributed by atoms with Crippen LogP contribution in [0, 0.1) is 11.8 Å². The van der Waals surface area contributed by atoms with E-state index in [4.69, 9.17) is 9.84 Å². The van der Waals surface area contributed by atoms with Crippen LogP contribution in [0.4, 0.5) is 0 Å². The zero-order chi connectivity index (χ0) is 13.4. The van der Waals surface area contributed by atoms with Crippen LogP contribution >= 0.6 is 0 Å². The van der Waals surface area contributed by atoms with Crippen molar-refractivity contribution in [3.8, 4) is 17.6 Å². The van der Waals surface area contributed by atoms with Crippen molar-refractivity contribution in [3.05, 3.63) is 29.3 Å². The maximum Gasteiger partial charge on any atom is 0.134 e. The van der Waals surface area contributed by atoms with Crippen molar-refractivity contribution in [1.82, 2.24) is 4.90 Å². The fourth-order valence-corrected chi connectivity index (χ4v) is 1.59. The van der Waals surface area contributed by atoms with Crippen molar-refractivity contribution in [2.75, 3.05) is 27.3 Å². The van der Waals surface area contributed by atoms with Crippen LogP contribution in [0.15, 0.2) is 18.2 Å². The maximum absolute atomic E-state index is 8.74. The number of aliphatic hydroxyl groups excluding tert-OH is 1. The number of methoxy groups -OCH3 is 1. The van der Waals surface area contributed by atoms with Gasteiger partial charge in [0, 0.05) is 13.0 Å².